The van der Waals surface area contributed by atoms with Crippen LogP contribution in [0.5, 0.6) is 0 Å². The first-order valence-corrected chi connectivity index (χ1v) is 10.5. The first kappa shape index (κ1) is 16.6. The summed E-state index contributed by atoms with van der Waals surface area (Å²) in [6, 6.07) is 13.9. The van der Waals surface area contributed by atoms with Gasteiger partial charge in [0.25, 0.3) is 0 Å². The molecule has 0 radical (unpaired) electrons. The van der Waals surface area contributed by atoms with Crippen LogP contribution in [-0.4, -0.2) is 25.5 Å². The number of hydrogen-bond acceptors (Lipinski definition) is 6. The predicted molar refractivity (Wildman–Crippen MR) is 112 cm³/mol. The Balaban J connectivity index is 1.55. The molecular weight excluding hydrogens is 382 g/mol. The first-order chi connectivity index (χ1) is 14.3. The molecule has 4 aromatic rings. The number of carbonyl (C=O) groups is 1. The minimum atomic E-state index is -0.298. The maximum atomic E-state index is 13.4. The third-order valence-electron chi connectivity index (χ3n) is 5.78. The van der Waals surface area contributed by atoms with Crippen LogP contribution in [0.2, 0.25) is 0 Å². The number of nitrogens with zero attached hydrogens (tertiary/aromatic N) is 4. The van der Waals surface area contributed by atoms with Gasteiger partial charge in [-0.15, -0.1) is 11.3 Å². The molecule has 4 heterocycles. The highest BCUT2D eigenvalue weighted by Gasteiger charge is 2.39. The van der Waals surface area contributed by atoms with Gasteiger partial charge in [0.05, 0.1) is 5.52 Å². The van der Waals surface area contributed by atoms with Crippen molar-refractivity contribution in [1.29, 1.82) is 0 Å². The number of nitrogens with one attached hydrogen (secondary N) is 1. The quantitative estimate of drug-likeness (QED) is 0.544. The van der Waals surface area contributed by atoms with Gasteiger partial charge in [0.2, 0.25) is 5.95 Å². The standard InChI is InChI=1S/C22H17N5OS/c28-18-11-13(19-6-3-9-29-19)10-17-20(18)21(27-22(26-17)24-12-25-27)15-7-8-23-16-5-2-1-4-14(15)16/h1-9,12-13,21H,10-11H2,(H,24,25,26)/t13-,21+/m0/s1. The lowest BCUT2D eigenvalue weighted by atomic mass is 9.79. The molecule has 1 N–H and O–H groups in total. The van der Waals surface area contributed by atoms with Crippen molar-refractivity contribution in [2.45, 2.75) is 24.8 Å². The zero-order valence-corrected chi connectivity index (χ0v) is 16.3. The van der Waals surface area contributed by atoms with Gasteiger partial charge in [0.15, 0.2) is 5.78 Å². The summed E-state index contributed by atoms with van der Waals surface area (Å²) >= 11 is 1.71. The number of ketones is 1. The number of Topliss-reactive ketones (excluding diaryl/α,β-unsaturated/α-hetero) is 1. The Morgan fingerprint density at radius 1 is 1.07 bits per heavy atom. The Kier molecular flexibility index (Phi) is 3.64. The molecule has 0 amide bonds. The van der Waals surface area contributed by atoms with Gasteiger partial charge in [0.1, 0.15) is 12.4 Å². The maximum Gasteiger partial charge on any atom is 0.226 e. The normalized spacial score (nSPS) is 21.0. The van der Waals surface area contributed by atoms with Gasteiger partial charge in [-0.2, -0.15) is 10.1 Å². The fourth-order valence-electron chi connectivity index (χ4n) is 4.52. The van der Waals surface area contributed by atoms with E-state index in [1.807, 2.05) is 35.0 Å². The summed E-state index contributed by atoms with van der Waals surface area (Å²) in [6.45, 7) is 0. The summed E-state index contributed by atoms with van der Waals surface area (Å²) < 4.78 is 1.82. The highest BCUT2D eigenvalue weighted by Crippen LogP contribution is 2.45. The summed E-state index contributed by atoms with van der Waals surface area (Å²) in [5.41, 5.74) is 3.70. The second-order valence-electron chi connectivity index (χ2n) is 7.41. The van der Waals surface area contributed by atoms with E-state index in [9.17, 15) is 4.79 Å². The van der Waals surface area contributed by atoms with Crippen molar-refractivity contribution in [2.75, 3.05) is 5.32 Å². The Hall–Kier alpha value is -3.32. The maximum absolute atomic E-state index is 13.4. The lowest BCUT2D eigenvalue weighted by Gasteiger charge is -2.35. The average molecular weight is 399 g/mol. The second kappa shape index (κ2) is 6.35. The monoisotopic (exact) mass is 399 g/mol. The lowest BCUT2D eigenvalue weighted by Crippen LogP contribution is -2.33. The van der Waals surface area contributed by atoms with E-state index in [1.165, 1.54) is 4.88 Å². The van der Waals surface area contributed by atoms with Crippen LogP contribution in [0.3, 0.4) is 0 Å². The molecule has 1 aliphatic carbocycles. The van der Waals surface area contributed by atoms with Gasteiger partial charge in [-0.05, 0) is 35.6 Å². The molecule has 0 bridgehead atoms. The van der Waals surface area contributed by atoms with Gasteiger partial charge in [-0.25, -0.2) is 4.68 Å². The van der Waals surface area contributed by atoms with E-state index in [1.54, 1.807) is 23.9 Å². The number of thiophene rings is 1. The summed E-state index contributed by atoms with van der Waals surface area (Å²) in [6.07, 6.45) is 4.66. The number of aromatic nitrogens is 4. The van der Waals surface area contributed by atoms with Gasteiger partial charge < -0.3 is 5.32 Å². The molecule has 7 heteroatoms. The van der Waals surface area contributed by atoms with Gasteiger partial charge >= 0.3 is 0 Å². The van der Waals surface area contributed by atoms with Crippen LogP contribution < -0.4 is 5.32 Å². The van der Waals surface area contributed by atoms with Crippen molar-refractivity contribution in [3.63, 3.8) is 0 Å². The zero-order valence-electron chi connectivity index (χ0n) is 15.4. The third kappa shape index (κ3) is 2.54. The molecule has 0 saturated carbocycles. The average Bonchev–Trinajstić information content (AvgIpc) is 3.44. The van der Waals surface area contributed by atoms with Crippen LogP contribution in [0.15, 0.2) is 71.6 Å². The van der Waals surface area contributed by atoms with Crippen LogP contribution in [0.1, 0.15) is 35.2 Å². The Labute approximate surface area is 170 Å². The number of carbonyl (C=O) groups excluding carboxylic acids is 1. The summed E-state index contributed by atoms with van der Waals surface area (Å²) in [5, 5.41) is 10.9. The van der Waals surface area contributed by atoms with Crippen LogP contribution in [0, 0.1) is 0 Å². The molecule has 6 nitrogen and oxygen atoms in total. The number of benzene rings is 1. The Morgan fingerprint density at radius 3 is 2.90 bits per heavy atom. The molecule has 6 rings (SSSR count). The summed E-state index contributed by atoms with van der Waals surface area (Å²) in [4.78, 5) is 23.6. The van der Waals surface area contributed by atoms with Crippen molar-refractivity contribution in [3.05, 3.63) is 82.1 Å². The smallest absolute Gasteiger partial charge is 0.226 e. The molecule has 142 valence electrons. The minimum absolute atomic E-state index is 0.171. The zero-order chi connectivity index (χ0) is 19.4. The van der Waals surface area contributed by atoms with Crippen LogP contribution >= 0.6 is 11.3 Å². The first-order valence-electron chi connectivity index (χ1n) is 9.59. The van der Waals surface area contributed by atoms with E-state index in [-0.39, 0.29) is 17.7 Å². The molecule has 0 spiro atoms. The molecule has 1 aliphatic heterocycles. The topological polar surface area (TPSA) is 72.7 Å². The van der Waals surface area contributed by atoms with Crippen LogP contribution in [-0.2, 0) is 4.79 Å². The van der Waals surface area contributed by atoms with E-state index in [2.05, 4.69) is 37.9 Å². The van der Waals surface area contributed by atoms with Crippen molar-refractivity contribution in [1.82, 2.24) is 19.7 Å². The molecule has 0 saturated heterocycles. The number of rotatable bonds is 2. The number of pyridine rings is 1. The van der Waals surface area contributed by atoms with Crippen LogP contribution in [0.4, 0.5) is 5.95 Å². The molecule has 29 heavy (non-hydrogen) atoms. The van der Waals surface area contributed by atoms with E-state index in [0.717, 1.165) is 34.2 Å². The predicted octanol–water partition coefficient (Wildman–Crippen LogP) is 4.30. The number of para-hydroxylation sites is 1. The molecular formula is C22H17N5OS. The molecule has 2 atom stereocenters. The molecule has 2 aliphatic rings. The van der Waals surface area contributed by atoms with Crippen molar-refractivity contribution in [3.8, 4) is 0 Å². The van der Waals surface area contributed by atoms with Crippen molar-refractivity contribution in [2.24, 2.45) is 0 Å². The molecule has 3 aromatic heterocycles. The van der Waals surface area contributed by atoms with E-state index >= 15 is 0 Å². The number of hydrogen-bond donors (Lipinski definition) is 1. The van der Waals surface area contributed by atoms with Gasteiger partial charge in [-0.3, -0.25) is 9.78 Å². The number of fused-ring (bicyclic) bond motifs is 2. The van der Waals surface area contributed by atoms with E-state index in [0.29, 0.717) is 12.4 Å². The number of allylic oxidation sites excluding steroid dienone is 2. The second-order valence-corrected chi connectivity index (χ2v) is 8.39. The summed E-state index contributed by atoms with van der Waals surface area (Å²) in [7, 11) is 0. The van der Waals surface area contributed by atoms with Crippen molar-refractivity contribution < 1.29 is 4.79 Å². The van der Waals surface area contributed by atoms with E-state index in [4.69, 9.17) is 0 Å². The Morgan fingerprint density at radius 2 is 2.00 bits per heavy atom. The summed E-state index contributed by atoms with van der Waals surface area (Å²) in [5.74, 6) is 1.05. The largest absolute Gasteiger partial charge is 0.328 e. The minimum Gasteiger partial charge on any atom is -0.328 e. The van der Waals surface area contributed by atoms with E-state index < -0.39 is 0 Å². The molecule has 0 fully saturated rings. The van der Waals surface area contributed by atoms with Crippen molar-refractivity contribution >= 4 is 34.0 Å². The fraction of sp³-hybridized carbons (Fsp3) is 0.182. The fourth-order valence-corrected chi connectivity index (χ4v) is 5.35. The SMILES string of the molecule is O=C1C[C@@H](c2cccs2)CC2=C1[C@@H](c1ccnc3ccccc13)n1ncnc1N2. The number of anilines is 1. The highest BCUT2D eigenvalue weighted by molar-refractivity contribution is 7.10. The van der Waals surface area contributed by atoms with Gasteiger partial charge in [-0.1, -0.05) is 24.3 Å². The highest BCUT2D eigenvalue weighted by atomic mass is 32.1. The third-order valence-corrected chi connectivity index (χ3v) is 6.82. The Bertz CT molecular complexity index is 1270. The van der Waals surface area contributed by atoms with Gasteiger partial charge in [0, 0.05) is 40.1 Å². The lowest BCUT2D eigenvalue weighted by molar-refractivity contribution is -0.116. The molecule has 0 unspecified atom stereocenters. The molecule has 1 aromatic carbocycles. The van der Waals surface area contributed by atoms with Crippen LogP contribution in [0.25, 0.3) is 10.9 Å².